The molecule has 2 saturated carbocycles. The van der Waals surface area contributed by atoms with E-state index in [2.05, 4.69) is 4.90 Å². The molecule has 1 spiro atoms. The minimum atomic E-state index is -0.761. The molecule has 2 heterocycles. The number of likely N-dealkylation sites (N-methyl/N-ethyl adjacent to an activating group) is 1. The summed E-state index contributed by atoms with van der Waals surface area (Å²) in [4.78, 5) is 30.6. The number of hydrogen-bond donors (Lipinski definition) is 1. The van der Waals surface area contributed by atoms with Crippen LogP contribution in [0.2, 0.25) is 0 Å². The lowest BCUT2D eigenvalue weighted by Gasteiger charge is -2.65. The standard InChI is InChI=1S/C32H36N2O5/c1-20(35)39-32-15-14-24(33(2)27(37)13-10-21-6-4-3-5-7-21)30-31(32)16-17-34(19-22-8-9-22)26(32)18-23-11-12-25(36)29(38-30)28(23)31/h3-7,10-13,22,24,26,30,36H,8-9,14-19H2,1-2H3/t24-,26-,30+,31+,32-/m1/s1. The van der Waals surface area contributed by atoms with Crippen molar-refractivity contribution in [2.45, 2.75) is 74.7 Å². The number of carbonyl (C=O) groups excluding carboxylic acids is 2. The van der Waals surface area contributed by atoms with E-state index in [1.165, 1.54) is 19.8 Å². The molecule has 2 aliphatic heterocycles. The monoisotopic (exact) mass is 528 g/mol. The summed E-state index contributed by atoms with van der Waals surface area (Å²) in [6, 6.07) is 13.4. The predicted molar refractivity (Wildman–Crippen MR) is 146 cm³/mol. The highest BCUT2D eigenvalue weighted by atomic mass is 16.6. The van der Waals surface area contributed by atoms with Gasteiger partial charge in [0.05, 0.1) is 17.5 Å². The van der Waals surface area contributed by atoms with E-state index in [1.54, 1.807) is 17.0 Å². The van der Waals surface area contributed by atoms with E-state index in [4.69, 9.17) is 9.47 Å². The van der Waals surface area contributed by atoms with Crippen molar-refractivity contribution in [3.63, 3.8) is 0 Å². The van der Waals surface area contributed by atoms with Crippen LogP contribution in [-0.4, -0.2) is 70.7 Å². The number of piperidine rings is 1. The fraction of sp³-hybridized carbons (Fsp3) is 0.500. The molecule has 204 valence electrons. The molecular formula is C32H36N2O5. The maximum Gasteiger partial charge on any atom is 0.303 e. The summed E-state index contributed by atoms with van der Waals surface area (Å²) in [6.07, 6.45) is 8.39. The van der Waals surface area contributed by atoms with Crippen molar-refractivity contribution in [3.05, 3.63) is 65.2 Å². The number of aromatic hydroxyl groups is 1. The van der Waals surface area contributed by atoms with Gasteiger partial charge in [-0.15, -0.1) is 0 Å². The van der Waals surface area contributed by atoms with Gasteiger partial charge in [-0.2, -0.15) is 0 Å². The third kappa shape index (κ3) is 3.58. The molecular weight excluding hydrogens is 492 g/mol. The Hall–Kier alpha value is -3.32. The van der Waals surface area contributed by atoms with E-state index in [1.807, 2.05) is 49.5 Å². The molecule has 1 N–H and O–H groups in total. The lowest BCUT2D eigenvalue weighted by Crippen LogP contribution is -2.79. The average Bonchev–Trinajstić information content (AvgIpc) is 3.67. The number of benzene rings is 2. The summed E-state index contributed by atoms with van der Waals surface area (Å²) in [5, 5.41) is 11.0. The van der Waals surface area contributed by atoms with Crippen LogP contribution >= 0.6 is 0 Å². The number of rotatable bonds is 6. The van der Waals surface area contributed by atoms with Crippen molar-refractivity contribution in [3.8, 4) is 11.5 Å². The van der Waals surface area contributed by atoms with Crippen molar-refractivity contribution in [1.82, 2.24) is 9.80 Å². The average molecular weight is 529 g/mol. The van der Waals surface area contributed by atoms with Crippen LogP contribution in [-0.2, 0) is 26.2 Å². The molecule has 0 aromatic heterocycles. The normalized spacial score (nSPS) is 32.4. The van der Waals surface area contributed by atoms with E-state index in [-0.39, 0.29) is 29.7 Å². The van der Waals surface area contributed by atoms with Crippen molar-refractivity contribution in [1.29, 1.82) is 0 Å². The second-order valence-electron chi connectivity index (χ2n) is 12.1. The predicted octanol–water partition coefficient (Wildman–Crippen LogP) is 4.07. The molecule has 7 heteroatoms. The minimum absolute atomic E-state index is 0.0461. The maximum absolute atomic E-state index is 13.5. The Morgan fingerprint density at radius 2 is 1.95 bits per heavy atom. The Labute approximate surface area is 229 Å². The second-order valence-corrected chi connectivity index (χ2v) is 12.1. The van der Waals surface area contributed by atoms with Crippen molar-refractivity contribution in [2.24, 2.45) is 5.92 Å². The van der Waals surface area contributed by atoms with E-state index < -0.39 is 17.1 Å². The first-order valence-electron chi connectivity index (χ1n) is 14.3. The van der Waals surface area contributed by atoms with Crippen LogP contribution in [0.15, 0.2) is 48.5 Å². The number of amides is 1. The molecule has 7 nitrogen and oxygen atoms in total. The molecule has 3 aliphatic carbocycles. The van der Waals surface area contributed by atoms with Gasteiger partial charge in [-0.05, 0) is 74.3 Å². The Morgan fingerprint density at radius 3 is 2.69 bits per heavy atom. The molecule has 1 saturated heterocycles. The number of phenolic OH excluding ortho intramolecular Hbond substituents is 1. The number of hydrogen-bond acceptors (Lipinski definition) is 6. The van der Waals surface area contributed by atoms with Gasteiger partial charge in [0.25, 0.3) is 0 Å². The topological polar surface area (TPSA) is 79.3 Å². The molecule has 39 heavy (non-hydrogen) atoms. The van der Waals surface area contributed by atoms with Crippen molar-refractivity contribution < 1.29 is 24.2 Å². The molecule has 2 aromatic rings. The Kier molecular flexibility index (Phi) is 5.60. The smallest absolute Gasteiger partial charge is 0.303 e. The molecule has 1 amide bonds. The first-order valence-corrected chi connectivity index (χ1v) is 14.3. The fourth-order valence-corrected chi connectivity index (χ4v) is 8.30. The van der Waals surface area contributed by atoms with Crippen LogP contribution in [0.3, 0.4) is 0 Å². The van der Waals surface area contributed by atoms with E-state index in [9.17, 15) is 14.7 Å². The van der Waals surface area contributed by atoms with Gasteiger partial charge in [-0.1, -0.05) is 36.4 Å². The molecule has 7 rings (SSSR count). The van der Waals surface area contributed by atoms with Gasteiger partial charge in [-0.25, -0.2) is 0 Å². The summed E-state index contributed by atoms with van der Waals surface area (Å²) in [5.41, 5.74) is 1.75. The third-order valence-corrected chi connectivity index (χ3v) is 10.1. The molecule has 2 bridgehead atoms. The van der Waals surface area contributed by atoms with Crippen LogP contribution in [0, 0.1) is 5.92 Å². The van der Waals surface area contributed by atoms with Gasteiger partial charge < -0.3 is 19.5 Å². The van der Waals surface area contributed by atoms with Gasteiger partial charge >= 0.3 is 5.97 Å². The Bertz CT molecular complexity index is 1350. The number of nitrogens with zero attached hydrogens (tertiary/aromatic N) is 2. The summed E-state index contributed by atoms with van der Waals surface area (Å²) in [6.45, 7) is 3.42. The zero-order valence-electron chi connectivity index (χ0n) is 22.6. The van der Waals surface area contributed by atoms with E-state index in [0.717, 1.165) is 48.5 Å². The maximum atomic E-state index is 13.5. The molecule has 0 radical (unpaired) electrons. The van der Waals surface area contributed by atoms with Crippen LogP contribution in [0.4, 0.5) is 0 Å². The minimum Gasteiger partial charge on any atom is -0.504 e. The summed E-state index contributed by atoms with van der Waals surface area (Å²) in [7, 11) is 1.84. The van der Waals surface area contributed by atoms with Crippen LogP contribution in [0.25, 0.3) is 6.08 Å². The number of ether oxygens (including phenoxy) is 2. The lowest BCUT2D eigenvalue weighted by atomic mass is 9.48. The molecule has 0 unspecified atom stereocenters. The van der Waals surface area contributed by atoms with Gasteiger partial charge in [0, 0.05) is 32.2 Å². The highest BCUT2D eigenvalue weighted by molar-refractivity contribution is 5.92. The summed E-state index contributed by atoms with van der Waals surface area (Å²) < 4.78 is 13.2. The van der Waals surface area contributed by atoms with Gasteiger partial charge in [0.15, 0.2) is 11.5 Å². The number of carbonyl (C=O) groups is 2. The van der Waals surface area contributed by atoms with Crippen molar-refractivity contribution in [2.75, 3.05) is 20.1 Å². The molecule has 2 aromatic carbocycles. The zero-order valence-corrected chi connectivity index (χ0v) is 22.6. The highest BCUT2D eigenvalue weighted by Crippen LogP contribution is 2.67. The number of phenols is 1. The SMILES string of the molecule is CC(=O)O[C@@]12CC[C@@H](N(C)C(=O)C=Cc3ccccc3)[C@@H]3Oc4c(O)ccc5c4[C@@]31CCN(CC1CC1)[C@@H]2C5. The first kappa shape index (κ1) is 24.7. The summed E-state index contributed by atoms with van der Waals surface area (Å²) in [5.74, 6) is 0.970. The third-order valence-electron chi connectivity index (χ3n) is 10.1. The van der Waals surface area contributed by atoms with Crippen LogP contribution in [0.5, 0.6) is 11.5 Å². The molecule has 5 atom stereocenters. The van der Waals surface area contributed by atoms with Gasteiger partial charge in [-0.3, -0.25) is 14.5 Å². The highest BCUT2D eigenvalue weighted by Gasteiger charge is 2.75. The number of likely N-dealkylation sites (tertiary alicyclic amines) is 1. The Balaban J connectivity index is 1.31. The Morgan fingerprint density at radius 1 is 1.15 bits per heavy atom. The molecule has 5 aliphatic rings. The van der Waals surface area contributed by atoms with E-state index in [0.29, 0.717) is 18.6 Å². The molecule has 3 fully saturated rings. The largest absolute Gasteiger partial charge is 0.504 e. The van der Waals surface area contributed by atoms with Crippen LogP contribution in [0.1, 0.15) is 55.7 Å². The first-order chi connectivity index (χ1) is 18.8. The fourth-order valence-electron chi connectivity index (χ4n) is 8.30. The van der Waals surface area contributed by atoms with E-state index >= 15 is 0 Å². The van der Waals surface area contributed by atoms with Crippen molar-refractivity contribution >= 4 is 18.0 Å². The zero-order chi connectivity index (χ0) is 26.9. The van der Waals surface area contributed by atoms with Gasteiger partial charge in [0.2, 0.25) is 5.91 Å². The van der Waals surface area contributed by atoms with Gasteiger partial charge in [0.1, 0.15) is 11.7 Å². The summed E-state index contributed by atoms with van der Waals surface area (Å²) >= 11 is 0. The quantitative estimate of drug-likeness (QED) is 0.450. The number of esters is 1. The van der Waals surface area contributed by atoms with Crippen LogP contribution < -0.4 is 4.74 Å². The second kappa shape index (κ2) is 8.85. The lowest BCUT2D eigenvalue weighted by molar-refractivity contribution is -0.223.